The fourth-order valence-corrected chi connectivity index (χ4v) is 3.02. The van der Waals surface area contributed by atoms with Gasteiger partial charge in [0.15, 0.2) is 0 Å². The van der Waals surface area contributed by atoms with E-state index >= 15 is 0 Å². The Morgan fingerprint density at radius 2 is 2.00 bits per heavy atom. The molecule has 3 rings (SSSR count). The molecule has 1 aliphatic heterocycles. The first-order chi connectivity index (χ1) is 9.29. The lowest BCUT2D eigenvalue weighted by Gasteiger charge is -2.27. The molecule has 0 saturated carbocycles. The van der Waals surface area contributed by atoms with Gasteiger partial charge in [-0.3, -0.25) is 0 Å². The van der Waals surface area contributed by atoms with E-state index in [1.54, 1.807) is 0 Å². The number of halogens is 1. The van der Waals surface area contributed by atoms with Crippen LogP contribution in [0.1, 0.15) is 22.7 Å². The van der Waals surface area contributed by atoms with E-state index in [-0.39, 0.29) is 6.04 Å². The zero-order valence-electron chi connectivity index (χ0n) is 11.0. The van der Waals surface area contributed by atoms with Crippen molar-refractivity contribution in [1.82, 2.24) is 5.32 Å². The molecule has 2 aromatic carbocycles. The Morgan fingerprint density at radius 3 is 2.84 bits per heavy atom. The zero-order valence-corrected chi connectivity index (χ0v) is 11.7. The topological polar surface area (TPSA) is 28.6 Å². The lowest BCUT2D eigenvalue weighted by atomic mass is 9.89. The van der Waals surface area contributed by atoms with Gasteiger partial charge in [-0.15, -0.1) is 0 Å². The molecule has 0 fully saturated rings. The van der Waals surface area contributed by atoms with Crippen LogP contribution in [-0.2, 0) is 6.42 Å². The molecule has 2 aromatic rings. The Bertz CT molecular complexity index is 595. The van der Waals surface area contributed by atoms with Crippen molar-refractivity contribution in [2.45, 2.75) is 12.5 Å². The molecule has 2 nitrogen and oxygen atoms in total. The first-order valence-electron chi connectivity index (χ1n) is 6.69. The molecule has 1 aliphatic rings. The maximum absolute atomic E-state index is 6.18. The minimum atomic E-state index is 0.245. The Balaban J connectivity index is 2.11. The van der Waals surface area contributed by atoms with E-state index in [1.165, 1.54) is 22.4 Å². The molecule has 1 atom stereocenters. The van der Waals surface area contributed by atoms with Crippen LogP contribution in [0.3, 0.4) is 0 Å². The van der Waals surface area contributed by atoms with Crippen molar-refractivity contribution in [1.29, 1.82) is 0 Å². The first-order valence-corrected chi connectivity index (χ1v) is 7.07. The highest BCUT2D eigenvalue weighted by Gasteiger charge is 2.24. The van der Waals surface area contributed by atoms with Crippen molar-refractivity contribution in [3.63, 3.8) is 0 Å². The van der Waals surface area contributed by atoms with Crippen molar-refractivity contribution < 1.29 is 5.32 Å². The number of nitrogens with two attached hydrogens (primary N) is 1. The number of hydrogen-bond donors (Lipinski definition) is 2. The van der Waals surface area contributed by atoms with Crippen molar-refractivity contribution >= 4 is 17.3 Å². The van der Waals surface area contributed by atoms with Gasteiger partial charge in [-0.1, -0.05) is 35.9 Å². The van der Waals surface area contributed by atoms with E-state index in [2.05, 4.69) is 54.1 Å². The van der Waals surface area contributed by atoms with E-state index < -0.39 is 0 Å². The molecular formula is C16H18ClN2+. The lowest BCUT2D eigenvalue weighted by molar-refractivity contribution is -0.540. The van der Waals surface area contributed by atoms with Gasteiger partial charge in [-0.25, -0.2) is 0 Å². The van der Waals surface area contributed by atoms with E-state index in [9.17, 15) is 0 Å². The van der Waals surface area contributed by atoms with Gasteiger partial charge in [0.1, 0.15) is 5.69 Å². The quantitative estimate of drug-likeness (QED) is 0.809. The summed E-state index contributed by atoms with van der Waals surface area (Å²) >= 11 is 6.18. The summed E-state index contributed by atoms with van der Waals surface area (Å²) in [6.07, 6.45) is 1.10. The molecule has 19 heavy (non-hydrogen) atoms. The largest absolute Gasteiger partial charge is 0.316 e. The Labute approximate surface area is 118 Å². The number of nitrogens with one attached hydrogen (secondary N) is 1. The Morgan fingerprint density at radius 1 is 1.16 bits per heavy atom. The van der Waals surface area contributed by atoms with Crippen molar-refractivity contribution in [2.24, 2.45) is 0 Å². The fraction of sp³-hybridized carbons (Fsp3) is 0.250. The number of quaternary nitrogens is 1. The summed E-state index contributed by atoms with van der Waals surface area (Å²) in [6.45, 7) is 1.01. The van der Waals surface area contributed by atoms with Crippen LogP contribution >= 0.6 is 11.6 Å². The van der Waals surface area contributed by atoms with Crippen LogP contribution in [-0.4, -0.2) is 13.6 Å². The Kier molecular flexibility index (Phi) is 3.56. The summed E-state index contributed by atoms with van der Waals surface area (Å²) < 4.78 is 0. The van der Waals surface area contributed by atoms with Crippen LogP contribution < -0.4 is 10.6 Å². The van der Waals surface area contributed by atoms with Crippen LogP contribution in [0.15, 0.2) is 42.5 Å². The lowest BCUT2D eigenvalue weighted by Crippen LogP contribution is -2.73. The van der Waals surface area contributed by atoms with Crippen LogP contribution in [0.5, 0.6) is 0 Å². The van der Waals surface area contributed by atoms with Gasteiger partial charge in [0.2, 0.25) is 0 Å². The van der Waals surface area contributed by atoms with Gasteiger partial charge < -0.3 is 10.6 Å². The highest BCUT2D eigenvalue weighted by atomic mass is 35.5. The number of benzene rings is 2. The van der Waals surface area contributed by atoms with Gasteiger partial charge in [-0.05, 0) is 29.7 Å². The second-order valence-electron chi connectivity index (χ2n) is 4.90. The van der Waals surface area contributed by atoms with Crippen molar-refractivity contribution in [3.8, 4) is 0 Å². The summed E-state index contributed by atoms with van der Waals surface area (Å²) in [7, 11) is 2.07. The predicted molar refractivity (Wildman–Crippen MR) is 79.0 cm³/mol. The third kappa shape index (κ3) is 2.39. The summed E-state index contributed by atoms with van der Waals surface area (Å²) in [5, 5.41) is 6.56. The molecule has 0 spiro atoms. The molecular weight excluding hydrogens is 256 g/mol. The molecule has 0 aromatic heterocycles. The predicted octanol–water partition coefficient (Wildman–Crippen LogP) is 2.40. The molecule has 3 N–H and O–H groups in total. The molecule has 98 valence electrons. The van der Waals surface area contributed by atoms with Gasteiger partial charge >= 0.3 is 0 Å². The maximum atomic E-state index is 6.18. The highest BCUT2D eigenvalue weighted by Crippen LogP contribution is 2.32. The summed E-state index contributed by atoms with van der Waals surface area (Å²) in [4.78, 5) is 0. The van der Waals surface area contributed by atoms with Crippen molar-refractivity contribution in [3.05, 3.63) is 64.2 Å². The monoisotopic (exact) mass is 273 g/mol. The molecule has 0 saturated heterocycles. The van der Waals surface area contributed by atoms with Crippen LogP contribution in [0.4, 0.5) is 5.69 Å². The second kappa shape index (κ2) is 5.33. The average molecular weight is 274 g/mol. The smallest absolute Gasteiger partial charge is 0.134 e. The van der Waals surface area contributed by atoms with E-state index in [0.717, 1.165) is 18.0 Å². The van der Waals surface area contributed by atoms with Crippen LogP contribution in [0.2, 0.25) is 5.02 Å². The number of fused-ring (bicyclic) bond motifs is 1. The summed E-state index contributed by atoms with van der Waals surface area (Å²) in [5.41, 5.74) is 5.33. The van der Waals surface area contributed by atoms with Crippen LogP contribution in [0.25, 0.3) is 0 Å². The van der Waals surface area contributed by atoms with Crippen molar-refractivity contribution in [2.75, 3.05) is 13.6 Å². The minimum absolute atomic E-state index is 0.245. The van der Waals surface area contributed by atoms with Gasteiger partial charge in [0.05, 0.1) is 13.1 Å². The summed E-state index contributed by atoms with van der Waals surface area (Å²) in [5.74, 6) is 0. The molecule has 0 aliphatic carbocycles. The molecule has 3 heteroatoms. The van der Waals surface area contributed by atoms with E-state index in [1.807, 2.05) is 6.07 Å². The van der Waals surface area contributed by atoms with Crippen LogP contribution in [0, 0.1) is 0 Å². The third-order valence-electron chi connectivity index (χ3n) is 3.78. The Hall–Kier alpha value is -1.35. The normalized spacial score (nSPS) is 18.1. The third-order valence-corrected chi connectivity index (χ3v) is 4.01. The standard InChI is InChI=1S/C16H17ClN2/c1-18-15-7-6-12(17)10-14(15)16-13-5-3-2-4-11(13)8-9-19-16/h2-7,10,16,18-19H,8-9H2,1H3/p+1. The minimum Gasteiger partial charge on any atom is -0.316 e. The first kappa shape index (κ1) is 12.7. The number of hydrogen-bond acceptors (Lipinski definition) is 1. The van der Waals surface area contributed by atoms with Gasteiger partial charge in [-0.2, -0.15) is 0 Å². The van der Waals surface area contributed by atoms with E-state index in [0.29, 0.717) is 0 Å². The zero-order chi connectivity index (χ0) is 13.2. The van der Waals surface area contributed by atoms with Gasteiger partial charge in [0, 0.05) is 23.2 Å². The summed E-state index contributed by atoms with van der Waals surface area (Å²) in [6, 6.07) is 15.0. The molecule has 0 amide bonds. The average Bonchev–Trinajstić information content (AvgIpc) is 2.46. The number of rotatable bonds is 2. The van der Waals surface area contributed by atoms with Gasteiger partial charge in [0.25, 0.3) is 0 Å². The molecule has 0 bridgehead atoms. The molecule has 0 radical (unpaired) electrons. The fourth-order valence-electron chi connectivity index (χ4n) is 2.84. The highest BCUT2D eigenvalue weighted by molar-refractivity contribution is 6.30. The maximum Gasteiger partial charge on any atom is 0.134 e. The van der Waals surface area contributed by atoms with E-state index in [4.69, 9.17) is 11.6 Å². The molecule has 1 heterocycles. The molecule has 1 unspecified atom stereocenters. The second-order valence-corrected chi connectivity index (χ2v) is 5.33. The SMILES string of the molecule is C[NH2+]c1ccc(Cl)cc1C1NCCc2ccccc21.